The number of nitrogens with zero attached hydrogens (tertiary/aromatic N) is 6. The molecule has 0 bridgehead atoms. The van der Waals surface area contributed by atoms with E-state index in [-0.39, 0.29) is 33.2 Å². The molecule has 2 amide bonds. The van der Waals surface area contributed by atoms with Gasteiger partial charge in [0.15, 0.2) is 0 Å². The number of amides is 2. The van der Waals surface area contributed by atoms with E-state index in [4.69, 9.17) is 0 Å². The maximum atomic E-state index is 12.7. The Morgan fingerprint density at radius 3 is 2.85 bits per heavy atom. The summed E-state index contributed by atoms with van der Waals surface area (Å²) in [5, 5.41) is 11.5. The number of rotatable bonds is 4. The molecule has 0 spiro atoms. The van der Waals surface area contributed by atoms with Crippen molar-refractivity contribution in [2.24, 2.45) is 5.92 Å². The number of fused-ring (bicyclic) bond motifs is 1. The molecule has 2 aromatic rings. The molecule has 1 N–H and O–H groups in total. The van der Waals surface area contributed by atoms with E-state index >= 15 is 0 Å². The predicted molar refractivity (Wildman–Crippen MR) is 93.9 cm³/mol. The zero-order valence-electron chi connectivity index (χ0n) is 15.6. The molecule has 3 heterocycles. The minimum atomic E-state index is -0.612. The standard InChI is InChI=1S/C17H23IN7O2/c1-10-6-12(7-10)18-25-9-19-15(22-25)16(26)20-13-4-5-24-14(8-11(2)21-24)23(3)17(13)27/h8-10,12-13H,4-7H2,1-3H3,(H,20,26)/q-1/t10?,12?,13-/m0/s1. The molecule has 1 atom stereocenters. The number of alkyl halides is 1. The molecule has 0 aromatic carbocycles. The van der Waals surface area contributed by atoms with Gasteiger partial charge in [-0.2, -0.15) is 0 Å². The number of carbonyl (C=O) groups is 2. The van der Waals surface area contributed by atoms with E-state index in [9.17, 15) is 9.59 Å². The van der Waals surface area contributed by atoms with Gasteiger partial charge in [0.1, 0.15) is 0 Å². The van der Waals surface area contributed by atoms with Crippen LogP contribution in [0.1, 0.15) is 42.5 Å². The predicted octanol–water partition coefficient (Wildman–Crippen LogP) is -2.40. The molecular weight excluding hydrogens is 461 g/mol. The Kier molecular flexibility index (Phi) is 4.91. The summed E-state index contributed by atoms with van der Waals surface area (Å²) >= 11 is -0.275. The van der Waals surface area contributed by atoms with Crippen LogP contribution < -0.4 is 31.7 Å². The van der Waals surface area contributed by atoms with Crippen molar-refractivity contribution in [3.05, 3.63) is 23.9 Å². The normalized spacial score (nSPS) is 25.1. The van der Waals surface area contributed by atoms with Gasteiger partial charge < -0.3 is 0 Å². The Hall–Kier alpha value is -1.98. The number of aromatic nitrogens is 5. The van der Waals surface area contributed by atoms with Crippen LogP contribution in [0.15, 0.2) is 12.4 Å². The SMILES string of the molecule is Cc1cc2n(n1)CC[C@H](NC(=O)c1ncn([I-]C3CC(C)C3)n1)C(=O)N2C. The average molecular weight is 484 g/mol. The molecule has 27 heavy (non-hydrogen) atoms. The van der Waals surface area contributed by atoms with Gasteiger partial charge in [-0.3, -0.25) is 0 Å². The molecule has 0 radical (unpaired) electrons. The van der Waals surface area contributed by atoms with Crippen LogP contribution in [-0.4, -0.2) is 51.6 Å². The molecule has 1 aliphatic carbocycles. The Morgan fingerprint density at radius 1 is 1.33 bits per heavy atom. The topological polar surface area (TPSA) is 97.9 Å². The van der Waals surface area contributed by atoms with Crippen molar-refractivity contribution in [1.82, 2.24) is 28.1 Å². The van der Waals surface area contributed by atoms with Crippen molar-refractivity contribution < 1.29 is 31.1 Å². The number of aryl methyl sites for hydroxylation is 2. The van der Waals surface area contributed by atoms with Gasteiger partial charge >= 0.3 is 168 Å². The fraction of sp³-hybridized carbons (Fsp3) is 0.588. The van der Waals surface area contributed by atoms with Gasteiger partial charge in [-0.15, -0.1) is 0 Å². The van der Waals surface area contributed by atoms with E-state index in [0.29, 0.717) is 13.0 Å². The summed E-state index contributed by atoms with van der Waals surface area (Å²) < 4.78 is 4.36. The van der Waals surface area contributed by atoms with E-state index < -0.39 is 11.9 Å². The number of likely N-dealkylation sites (N-methyl/N-ethyl adjacent to an activating group) is 1. The first-order chi connectivity index (χ1) is 12.9. The van der Waals surface area contributed by atoms with Crippen LogP contribution in [0, 0.1) is 12.8 Å². The van der Waals surface area contributed by atoms with Crippen molar-refractivity contribution in [2.75, 3.05) is 11.9 Å². The van der Waals surface area contributed by atoms with Crippen molar-refractivity contribution in [2.45, 2.75) is 49.6 Å². The van der Waals surface area contributed by atoms with Gasteiger partial charge in [-0.25, -0.2) is 0 Å². The van der Waals surface area contributed by atoms with E-state index in [2.05, 4.69) is 27.4 Å². The van der Waals surface area contributed by atoms with Crippen LogP contribution in [0.3, 0.4) is 0 Å². The van der Waals surface area contributed by atoms with Gasteiger partial charge in [0.05, 0.1) is 0 Å². The summed E-state index contributed by atoms with van der Waals surface area (Å²) in [7, 11) is 1.71. The van der Waals surface area contributed by atoms with Crippen molar-refractivity contribution in [3.8, 4) is 0 Å². The summed E-state index contributed by atoms with van der Waals surface area (Å²) in [5.41, 5.74) is 0.867. The molecule has 0 saturated heterocycles. The van der Waals surface area contributed by atoms with Crippen LogP contribution in [-0.2, 0) is 11.3 Å². The fourth-order valence-electron chi connectivity index (χ4n) is 3.47. The van der Waals surface area contributed by atoms with E-state index in [1.54, 1.807) is 23.0 Å². The van der Waals surface area contributed by atoms with Gasteiger partial charge in [-0.1, -0.05) is 0 Å². The monoisotopic (exact) mass is 484 g/mol. The first kappa shape index (κ1) is 18.4. The molecule has 1 aliphatic heterocycles. The van der Waals surface area contributed by atoms with Crippen LogP contribution in [0.25, 0.3) is 0 Å². The third-order valence-electron chi connectivity index (χ3n) is 5.01. The van der Waals surface area contributed by atoms with Gasteiger partial charge in [0, 0.05) is 0 Å². The second kappa shape index (κ2) is 7.21. The average Bonchev–Trinajstić information content (AvgIpc) is 3.20. The quantitative estimate of drug-likeness (QED) is 0.386. The Balaban J connectivity index is 1.40. The summed E-state index contributed by atoms with van der Waals surface area (Å²) in [5.74, 6) is 1.13. The Bertz CT molecular complexity index is 871. The number of halogens is 1. The summed E-state index contributed by atoms with van der Waals surface area (Å²) in [6.07, 6.45) is 4.61. The maximum absolute atomic E-state index is 12.7. The molecule has 4 rings (SSSR count). The van der Waals surface area contributed by atoms with Gasteiger partial charge in [0.2, 0.25) is 0 Å². The molecule has 0 unspecified atom stereocenters. The molecule has 1 saturated carbocycles. The zero-order chi connectivity index (χ0) is 19.1. The number of hydrogen-bond donors (Lipinski definition) is 1. The molecule has 2 aromatic heterocycles. The number of carbonyl (C=O) groups excluding carboxylic acids is 2. The van der Waals surface area contributed by atoms with Crippen molar-refractivity contribution in [1.29, 1.82) is 0 Å². The molecule has 1 fully saturated rings. The summed E-state index contributed by atoms with van der Waals surface area (Å²) in [4.78, 5) is 31.0. The second-order valence-electron chi connectivity index (χ2n) is 7.31. The molecule has 2 aliphatic rings. The van der Waals surface area contributed by atoms with Crippen LogP contribution in [0.4, 0.5) is 5.82 Å². The van der Waals surface area contributed by atoms with Gasteiger partial charge in [-0.05, 0) is 0 Å². The van der Waals surface area contributed by atoms with E-state index in [1.165, 1.54) is 12.8 Å². The molecule has 146 valence electrons. The number of nitrogens with one attached hydrogen (secondary N) is 1. The molecular formula is C17H23IN7O2-. The van der Waals surface area contributed by atoms with E-state index in [0.717, 1.165) is 21.4 Å². The van der Waals surface area contributed by atoms with Crippen molar-refractivity contribution in [3.63, 3.8) is 0 Å². The van der Waals surface area contributed by atoms with Crippen LogP contribution in [0.5, 0.6) is 0 Å². The fourth-order valence-corrected chi connectivity index (χ4v) is 7.06. The third kappa shape index (κ3) is 3.71. The number of anilines is 1. The zero-order valence-corrected chi connectivity index (χ0v) is 17.8. The summed E-state index contributed by atoms with van der Waals surface area (Å²) in [6, 6.07) is 1.26. The van der Waals surface area contributed by atoms with Crippen LogP contribution in [0.2, 0.25) is 0 Å². The number of hydrogen-bond acceptors (Lipinski definition) is 5. The summed E-state index contributed by atoms with van der Waals surface area (Å²) in [6.45, 7) is 4.72. The molecule has 10 heteroatoms. The van der Waals surface area contributed by atoms with Crippen molar-refractivity contribution >= 4 is 17.6 Å². The first-order valence-corrected chi connectivity index (χ1v) is 11.3. The van der Waals surface area contributed by atoms with Gasteiger partial charge in [0.25, 0.3) is 0 Å². The second-order valence-corrected chi connectivity index (χ2v) is 10.6. The molecule has 9 nitrogen and oxygen atoms in total. The minimum absolute atomic E-state index is 0.135. The van der Waals surface area contributed by atoms with Crippen LogP contribution >= 0.6 is 0 Å². The van der Waals surface area contributed by atoms with E-state index in [1.807, 2.05) is 15.9 Å². The third-order valence-corrected chi connectivity index (χ3v) is 7.85. The Morgan fingerprint density at radius 2 is 2.11 bits per heavy atom. The first-order valence-electron chi connectivity index (χ1n) is 9.09. The Labute approximate surface area is 168 Å².